The van der Waals surface area contributed by atoms with E-state index in [1.165, 1.54) is 11.1 Å². The zero-order valence-electron chi connectivity index (χ0n) is 18.5. The van der Waals surface area contributed by atoms with Crippen LogP contribution in [0.25, 0.3) is 0 Å². The van der Waals surface area contributed by atoms with E-state index in [-0.39, 0.29) is 12.0 Å². The summed E-state index contributed by atoms with van der Waals surface area (Å²) in [6.45, 7) is 1.76. The Morgan fingerprint density at radius 2 is 2.03 bits per heavy atom. The number of amides is 1. The molecule has 168 valence electrons. The van der Waals surface area contributed by atoms with E-state index in [2.05, 4.69) is 23.6 Å². The number of aryl methyl sites for hydroxylation is 1. The Balaban J connectivity index is 1.32. The van der Waals surface area contributed by atoms with Gasteiger partial charge in [0.2, 0.25) is 5.91 Å². The Labute approximate surface area is 188 Å². The minimum atomic E-state index is -0.227. The summed E-state index contributed by atoms with van der Waals surface area (Å²) in [5.74, 6) is 1.43. The van der Waals surface area contributed by atoms with Gasteiger partial charge in [0, 0.05) is 25.2 Å². The first-order chi connectivity index (χ1) is 15.7. The first-order valence-corrected chi connectivity index (χ1v) is 10.9. The molecule has 1 amide bonds. The fourth-order valence-electron chi connectivity index (χ4n) is 3.94. The number of fused-ring (bicyclic) bond motifs is 1. The molecule has 32 heavy (non-hydrogen) atoms. The summed E-state index contributed by atoms with van der Waals surface area (Å²) < 4.78 is 18.5. The number of methoxy groups -OCH3 is 2. The van der Waals surface area contributed by atoms with Crippen LogP contribution in [0.15, 0.2) is 54.7 Å². The summed E-state index contributed by atoms with van der Waals surface area (Å²) in [4.78, 5) is 12.5. The highest BCUT2D eigenvalue weighted by molar-refractivity contribution is 5.76. The Morgan fingerprint density at radius 3 is 2.81 bits per heavy atom. The van der Waals surface area contributed by atoms with Gasteiger partial charge in [-0.1, -0.05) is 36.4 Å². The van der Waals surface area contributed by atoms with E-state index in [0.29, 0.717) is 26.0 Å². The number of rotatable bonds is 9. The van der Waals surface area contributed by atoms with Gasteiger partial charge in [0.1, 0.15) is 17.6 Å². The van der Waals surface area contributed by atoms with Gasteiger partial charge in [-0.3, -0.25) is 9.48 Å². The fraction of sp³-hybridized carbons (Fsp3) is 0.360. The van der Waals surface area contributed by atoms with Crippen molar-refractivity contribution in [3.63, 3.8) is 0 Å². The van der Waals surface area contributed by atoms with Gasteiger partial charge in [-0.15, -0.1) is 0 Å². The van der Waals surface area contributed by atoms with Crippen LogP contribution in [-0.4, -0.2) is 43.1 Å². The normalized spacial score (nSPS) is 15.1. The molecule has 0 saturated heterocycles. The first-order valence-electron chi connectivity index (χ1n) is 10.9. The minimum Gasteiger partial charge on any atom is -0.497 e. The third-order valence-corrected chi connectivity index (χ3v) is 5.65. The molecule has 0 saturated carbocycles. The van der Waals surface area contributed by atoms with Crippen LogP contribution in [0.1, 0.15) is 34.9 Å². The lowest BCUT2D eigenvalue weighted by Crippen LogP contribution is -2.32. The fourth-order valence-corrected chi connectivity index (χ4v) is 3.94. The van der Waals surface area contributed by atoms with Crippen molar-refractivity contribution < 1.29 is 19.0 Å². The monoisotopic (exact) mass is 435 g/mol. The standard InChI is InChI=1S/C25H29N3O4/c1-30-21-10-8-19(22(14-21)31-2)9-11-24(29)26-15-23-25-20(12-13-32-23)17-28(27-25)16-18-6-4-3-5-7-18/h3-8,10,14,17,23H,9,11-13,15-16H2,1-2H3,(H,26,29)/t23-/m0/s1. The van der Waals surface area contributed by atoms with E-state index < -0.39 is 0 Å². The van der Waals surface area contributed by atoms with E-state index in [1.54, 1.807) is 14.2 Å². The van der Waals surface area contributed by atoms with E-state index in [9.17, 15) is 4.79 Å². The molecule has 0 unspecified atom stereocenters. The summed E-state index contributed by atoms with van der Waals surface area (Å²) in [6, 6.07) is 15.9. The van der Waals surface area contributed by atoms with Crippen molar-refractivity contribution in [3.8, 4) is 11.5 Å². The predicted octanol–water partition coefficient (Wildman–Crippen LogP) is 3.31. The van der Waals surface area contributed by atoms with E-state index in [1.807, 2.05) is 41.1 Å². The third kappa shape index (κ3) is 5.29. The molecular formula is C25H29N3O4. The summed E-state index contributed by atoms with van der Waals surface area (Å²) in [6.07, 6.45) is 3.66. The van der Waals surface area contributed by atoms with Gasteiger partial charge in [-0.25, -0.2) is 0 Å². The number of benzene rings is 2. The number of nitrogens with one attached hydrogen (secondary N) is 1. The number of nitrogens with zero attached hydrogens (tertiary/aromatic N) is 2. The predicted molar refractivity (Wildman–Crippen MR) is 121 cm³/mol. The second-order valence-electron chi connectivity index (χ2n) is 7.81. The number of hydrogen-bond donors (Lipinski definition) is 1. The van der Waals surface area contributed by atoms with Crippen molar-refractivity contribution in [2.45, 2.75) is 31.9 Å². The lowest BCUT2D eigenvalue weighted by atomic mass is 10.1. The molecule has 0 aliphatic carbocycles. The molecule has 0 bridgehead atoms. The van der Waals surface area contributed by atoms with Crippen LogP contribution in [-0.2, 0) is 28.9 Å². The SMILES string of the molecule is COc1ccc(CCC(=O)NC[C@@H]2OCCc3cn(Cc4ccccc4)nc32)c(OC)c1. The molecule has 2 aromatic carbocycles. The maximum Gasteiger partial charge on any atom is 0.220 e. The zero-order valence-corrected chi connectivity index (χ0v) is 18.5. The molecule has 4 rings (SSSR count). The van der Waals surface area contributed by atoms with Gasteiger partial charge in [0.25, 0.3) is 0 Å². The summed E-state index contributed by atoms with van der Waals surface area (Å²) in [7, 11) is 3.23. The molecule has 7 nitrogen and oxygen atoms in total. The number of ether oxygens (including phenoxy) is 3. The third-order valence-electron chi connectivity index (χ3n) is 5.65. The Hall–Kier alpha value is -3.32. The maximum atomic E-state index is 12.5. The van der Waals surface area contributed by atoms with Gasteiger partial charge in [0.15, 0.2) is 0 Å². The molecule has 0 radical (unpaired) electrons. The summed E-state index contributed by atoms with van der Waals surface area (Å²) >= 11 is 0. The Kier molecular flexibility index (Phi) is 7.07. The number of carbonyl (C=O) groups is 1. The Bertz CT molecular complexity index is 1050. The van der Waals surface area contributed by atoms with Crippen LogP contribution in [0.4, 0.5) is 0 Å². The average Bonchev–Trinajstić information content (AvgIpc) is 3.24. The van der Waals surface area contributed by atoms with Gasteiger partial charge in [-0.2, -0.15) is 5.10 Å². The molecule has 1 aliphatic heterocycles. The number of carbonyl (C=O) groups excluding carboxylic acids is 1. The second kappa shape index (κ2) is 10.3. The molecule has 1 aromatic heterocycles. The minimum absolute atomic E-state index is 0.0256. The second-order valence-corrected chi connectivity index (χ2v) is 7.81. The number of hydrogen-bond acceptors (Lipinski definition) is 5. The quantitative estimate of drug-likeness (QED) is 0.558. The maximum absolute atomic E-state index is 12.5. The highest BCUT2D eigenvalue weighted by Gasteiger charge is 2.25. The topological polar surface area (TPSA) is 74.6 Å². The molecule has 3 aromatic rings. The summed E-state index contributed by atoms with van der Waals surface area (Å²) in [5, 5.41) is 7.75. The van der Waals surface area contributed by atoms with Crippen molar-refractivity contribution in [1.29, 1.82) is 0 Å². The van der Waals surface area contributed by atoms with Gasteiger partial charge >= 0.3 is 0 Å². The molecule has 0 spiro atoms. The first kappa shape index (κ1) is 21.9. The smallest absolute Gasteiger partial charge is 0.220 e. The Morgan fingerprint density at radius 1 is 1.19 bits per heavy atom. The van der Waals surface area contributed by atoms with Crippen molar-refractivity contribution in [3.05, 3.63) is 77.1 Å². The van der Waals surface area contributed by atoms with Crippen LogP contribution in [0.5, 0.6) is 11.5 Å². The molecule has 7 heteroatoms. The zero-order chi connectivity index (χ0) is 22.3. The number of aromatic nitrogens is 2. The van der Waals surface area contributed by atoms with Crippen molar-refractivity contribution in [2.75, 3.05) is 27.4 Å². The van der Waals surface area contributed by atoms with Crippen LogP contribution >= 0.6 is 0 Å². The molecule has 1 N–H and O–H groups in total. The van der Waals surface area contributed by atoms with E-state index >= 15 is 0 Å². The van der Waals surface area contributed by atoms with Gasteiger partial charge < -0.3 is 19.5 Å². The molecule has 1 atom stereocenters. The van der Waals surface area contributed by atoms with Gasteiger partial charge in [0.05, 0.1) is 33.1 Å². The largest absolute Gasteiger partial charge is 0.497 e. The van der Waals surface area contributed by atoms with Crippen molar-refractivity contribution in [1.82, 2.24) is 15.1 Å². The lowest BCUT2D eigenvalue weighted by Gasteiger charge is -2.22. The van der Waals surface area contributed by atoms with Gasteiger partial charge in [-0.05, 0) is 35.6 Å². The molecular weight excluding hydrogens is 406 g/mol. The average molecular weight is 436 g/mol. The van der Waals surface area contributed by atoms with E-state index in [4.69, 9.17) is 19.3 Å². The molecule has 2 heterocycles. The summed E-state index contributed by atoms with van der Waals surface area (Å²) in [5.41, 5.74) is 4.28. The van der Waals surface area contributed by atoms with Crippen LogP contribution in [0.3, 0.4) is 0 Å². The van der Waals surface area contributed by atoms with Crippen LogP contribution < -0.4 is 14.8 Å². The molecule has 1 aliphatic rings. The van der Waals surface area contributed by atoms with E-state index in [0.717, 1.165) is 35.7 Å². The lowest BCUT2D eigenvalue weighted by molar-refractivity contribution is -0.121. The van der Waals surface area contributed by atoms with Crippen molar-refractivity contribution >= 4 is 5.91 Å². The van der Waals surface area contributed by atoms with Crippen LogP contribution in [0, 0.1) is 0 Å². The highest BCUT2D eigenvalue weighted by atomic mass is 16.5. The highest BCUT2D eigenvalue weighted by Crippen LogP contribution is 2.27. The molecule has 0 fully saturated rings. The van der Waals surface area contributed by atoms with Crippen LogP contribution in [0.2, 0.25) is 0 Å². The van der Waals surface area contributed by atoms with Crippen molar-refractivity contribution in [2.24, 2.45) is 0 Å².